The molecule has 1 amide bonds. The first kappa shape index (κ1) is 31.3. The minimum atomic E-state index is -4.64. The SMILES string of the molecule is COc1cc(-c2nncn2C)c(-c2cc(NC3(CC#N)CC3)nc(N3Cc4c(cc(CN5CCC6(CC6)C5)cc4C(F)(F)F)C3=O)c2)cn1. The van der Waals surface area contributed by atoms with E-state index in [4.69, 9.17) is 9.72 Å². The van der Waals surface area contributed by atoms with Gasteiger partial charge in [-0.3, -0.25) is 14.6 Å². The quantitative estimate of drug-likeness (QED) is 0.230. The fourth-order valence-electron chi connectivity index (χ4n) is 7.29. The highest BCUT2D eigenvalue weighted by Crippen LogP contribution is 2.53. The zero-order valence-electron chi connectivity index (χ0n) is 27.1. The predicted octanol–water partition coefficient (Wildman–Crippen LogP) is 5.97. The Morgan fingerprint density at radius 2 is 1.88 bits per heavy atom. The van der Waals surface area contributed by atoms with Gasteiger partial charge in [0.15, 0.2) is 5.82 Å². The number of benzene rings is 1. The van der Waals surface area contributed by atoms with Crippen LogP contribution in [0.2, 0.25) is 0 Å². The minimum absolute atomic E-state index is 0.0425. The van der Waals surface area contributed by atoms with Crippen LogP contribution >= 0.6 is 0 Å². The number of ether oxygens (including phenoxy) is 1. The van der Waals surface area contributed by atoms with Crippen LogP contribution in [0.15, 0.2) is 42.9 Å². The van der Waals surface area contributed by atoms with Gasteiger partial charge in [-0.2, -0.15) is 18.4 Å². The predicted molar refractivity (Wildman–Crippen MR) is 173 cm³/mol. The molecule has 4 aromatic rings. The fraction of sp³-hybridized carbons (Fsp3) is 0.429. The number of aromatic nitrogens is 5. The van der Waals surface area contributed by atoms with Crippen molar-refractivity contribution >= 4 is 17.5 Å². The maximum Gasteiger partial charge on any atom is 0.416 e. The lowest BCUT2D eigenvalue weighted by Crippen LogP contribution is -2.26. The molecule has 1 N–H and O–H groups in total. The standard InChI is InChI=1S/C35H34F3N9O2/c1-45-20-41-44-31(45)23-15-30(49-2)40-16-25(23)22-13-28(43-34(5-6-34)7-9-39)42-29(14-22)47-18-26-24(32(47)48)11-21(12-27(26)35(36,37)38)17-46-10-8-33(19-46)3-4-33/h11-16,20H,3-8,10,17-19H2,1-2H3,(H,42,43). The molecule has 49 heavy (non-hydrogen) atoms. The Morgan fingerprint density at radius 1 is 1.06 bits per heavy atom. The number of anilines is 2. The third-order valence-electron chi connectivity index (χ3n) is 10.4. The molecule has 8 rings (SSSR count). The monoisotopic (exact) mass is 669 g/mol. The molecule has 2 aliphatic carbocycles. The van der Waals surface area contributed by atoms with Gasteiger partial charge in [0.25, 0.3) is 5.91 Å². The maximum absolute atomic E-state index is 14.6. The highest BCUT2D eigenvalue weighted by Gasteiger charge is 2.48. The Morgan fingerprint density at radius 3 is 2.53 bits per heavy atom. The first-order valence-corrected chi connectivity index (χ1v) is 16.3. The molecule has 2 aliphatic heterocycles. The van der Waals surface area contributed by atoms with E-state index in [-0.39, 0.29) is 29.9 Å². The number of nitrogens with one attached hydrogen (secondary N) is 1. The lowest BCUT2D eigenvalue weighted by molar-refractivity contribution is -0.138. The number of amides is 1. The van der Waals surface area contributed by atoms with Crippen LogP contribution in [0.5, 0.6) is 5.88 Å². The second kappa shape index (κ2) is 11.3. The van der Waals surface area contributed by atoms with Crippen LogP contribution in [-0.2, 0) is 26.3 Å². The van der Waals surface area contributed by atoms with Crippen molar-refractivity contribution in [3.63, 3.8) is 0 Å². The maximum atomic E-state index is 14.6. The van der Waals surface area contributed by atoms with Gasteiger partial charge < -0.3 is 14.6 Å². The molecule has 0 atom stereocenters. The van der Waals surface area contributed by atoms with Gasteiger partial charge in [-0.15, -0.1) is 10.2 Å². The summed E-state index contributed by atoms with van der Waals surface area (Å²) >= 11 is 0. The van der Waals surface area contributed by atoms with E-state index in [1.54, 1.807) is 48.4 Å². The van der Waals surface area contributed by atoms with Crippen molar-refractivity contribution in [2.75, 3.05) is 30.4 Å². The molecule has 0 unspecified atom stereocenters. The summed E-state index contributed by atoms with van der Waals surface area (Å²) in [4.78, 5) is 26.8. The van der Waals surface area contributed by atoms with Crippen LogP contribution in [0.1, 0.15) is 65.6 Å². The number of rotatable bonds is 9. The Balaban J connectivity index is 1.21. The van der Waals surface area contributed by atoms with Crippen molar-refractivity contribution in [2.24, 2.45) is 12.5 Å². The van der Waals surface area contributed by atoms with Crippen molar-refractivity contribution in [1.29, 1.82) is 5.26 Å². The molecule has 3 fully saturated rings. The van der Waals surface area contributed by atoms with Gasteiger partial charge in [-0.05, 0) is 85.0 Å². The first-order chi connectivity index (χ1) is 23.5. The number of aryl methyl sites for hydroxylation is 1. The second-order valence-corrected chi connectivity index (χ2v) is 13.9. The van der Waals surface area contributed by atoms with Crippen LogP contribution in [0.4, 0.5) is 24.8 Å². The van der Waals surface area contributed by atoms with Crippen molar-refractivity contribution in [1.82, 2.24) is 29.6 Å². The average Bonchev–Trinajstić information content (AvgIpc) is 3.86. The van der Waals surface area contributed by atoms with Gasteiger partial charge >= 0.3 is 6.18 Å². The molecular weight excluding hydrogens is 635 g/mol. The number of methoxy groups -OCH3 is 1. The second-order valence-electron chi connectivity index (χ2n) is 13.9. The first-order valence-electron chi connectivity index (χ1n) is 16.3. The smallest absolute Gasteiger partial charge is 0.416 e. The molecule has 0 radical (unpaired) electrons. The minimum Gasteiger partial charge on any atom is -0.481 e. The van der Waals surface area contributed by atoms with Crippen LogP contribution in [0.3, 0.4) is 0 Å². The molecule has 1 saturated heterocycles. The molecule has 1 aromatic carbocycles. The topological polar surface area (TPSA) is 125 Å². The Bertz CT molecular complexity index is 2030. The van der Waals surface area contributed by atoms with E-state index >= 15 is 0 Å². The van der Waals surface area contributed by atoms with Crippen molar-refractivity contribution in [2.45, 2.75) is 63.3 Å². The Kier molecular flexibility index (Phi) is 7.18. The van der Waals surface area contributed by atoms with E-state index in [9.17, 15) is 23.2 Å². The van der Waals surface area contributed by atoms with E-state index in [0.29, 0.717) is 51.7 Å². The lowest BCUT2D eigenvalue weighted by atomic mass is 9.98. The zero-order chi connectivity index (χ0) is 34.1. The van der Waals surface area contributed by atoms with E-state index in [0.717, 1.165) is 32.4 Å². The summed E-state index contributed by atoms with van der Waals surface area (Å²) in [5.74, 6) is 0.909. The summed E-state index contributed by atoms with van der Waals surface area (Å²) in [6.07, 6.45) is 3.73. The van der Waals surface area contributed by atoms with Crippen LogP contribution in [0.25, 0.3) is 22.5 Å². The molecule has 2 saturated carbocycles. The van der Waals surface area contributed by atoms with Gasteiger partial charge in [-0.25, -0.2) is 9.97 Å². The number of hydrogen-bond donors (Lipinski definition) is 1. The number of carbonyl (C=O) groups is 1. The molecule has 3 aromatic heterocycles. The summed E-state index contributed by atoms with van der Waals surface area (Å²) in [5, 5.41) is 21.2. The van der Waals surface area contributed by atoms with Crippen LogP contribution in [0, 0.1) is 16.7 Å². The number of nitrogens with zero attached hydrogens (tertiary/aromatic N) is 8. The van der Waals surface area contributed by atoms with E-state index in [1.165, 1.54) is 30.9 Å². The lowest BCUT2D eigenvalue weighted by Gasteiger charge is -2.21. The van der Waals surface area contributed by atoms with Crippen molar-refractivity contribution in [3.8, 4) is 34.5 Å². The summed E-state index contributed by atoms with van der Waals surface area (Å²) < 4.78 is 50.9. The molecular formula is C35H34F3N9O2. The Labute approximate surface area is 280 Å². The van der Waals surface area contributed by atoms with Crippen molar-refractivity contribution in [3.05, 3.63) is 65.1 Å². The highest BCUT2D eigenvalue weighted by molar-refractivity contribution is 6.10. The number of nitriles is 1. The molecule has 14 heteroatoms. The van der Waals surface area contributed by atoms with E-state index in [1.807, 2.05) is 0 Å². The number of halogens is 3. The number of carbonyl (C=O) groups excluding carboxylic acids is 1. The summed E-state index contributed by atoms with van der Waals surface area (Å²) in [6, 6.07) is 10.3. The molecule has 252 valence electrons. The van der Waals surface area contributed by atoms with Gasteiger partial charge in [-0.1, -0.05) is 0 Å². The molecule has 5 heterocycles. The van der Waals surface area contributed by atoms with Gasteiger partial charge in [0.1, 0.15) is 18.0 Å². The van der Waals surface area contributed by atoms with E-state index < -0.39 is 23.2 Å². The molecule has 11 nitrogen and oxygen atoms in total. The zero-order valence-corrected chi connectivity index (χ0v) is 27.1. The van der Waals surface area contributed by atoms with E-state index in [2.05, 4.69) is 31.5 Å². The summed E-state index contributed by atoms with van der Waals surface area (Å²) in [6.45, 7) is 1.80. The van der Waals surface area contributed by atoms with Gasteiger partial charge in [0.2, 0.25) is 5.88 Å². The number of fused-ring (bicyclic) bond motifs is 1. The normalized spacial score (nSPS) is 18.9. The third-order valence-corrected chi connectivity index (χ3v) is 10.4. The number of hydrogen-bond acceptors (Lipinski definition) is 9. The fourth-order valence-corrected chi connectivity index (χ4v) is 7.29. The van der Waals surface area contributed by atoms with Crippen LogP contribution in [-0.4, -0.2) is 61.3 Å². The Hall–Kier alpha value is -5.03. The summed E-state index contributed by atoms with van der Waals surface area (Å²) in [7, 11) is 3.31. The van der Waals surface area contributed by atoms with Crippen molar-refractivity contribution < 1.29 is 22.7 Å². The van der Waals surface area contributed by atoms with Gasteiger partial charge in [0, 0.05) is 49.1 Å². The summed E-state index contributed by atoms with van der Waals surface area (Å²) in [5.41, 5.74) is 1.39. The third kappa shape index (κ3) is 5.75. The average molecular weight is 670 g/mol. The molecule has 1 spiro atoms. The number of pyridine rings is 2. The molecule has 0 bridgehead atoms. The van der Waals surface area contributed by atoms with Crippen LogP contribution < -0.4 is 15.0 Å². The molecule has 4 aliphatic rings. The number of alkyl halides is 3. The highest BCUT2D eigenvalue weighted by atomic mass is 19.4. The largest absolute Gasteiger partial charge is 0.481 e. The van der Waals surface area contributed by atoms with Gasteiger partial charge in [0.05, 0.1) is 37.2 Å². The number of likely N-dealkylation sites (tertiary alicyclic amines) is 1.